The molecule has 5 nitrogen and oxygen atoms in total. The highest BCUT2D eigenvalue weighted by Gasteiger charge is 2.29. The molecule has 0 aliphatic rings. The van der Waals surface area contributed by atoms with Gasteiger partial charge in [0, 0.05) is 18.7 Å². The lowest BCUT2D eigenvalue weighted by atomic mass is 9.92. The molecule has 0 amide bonds. The minimum Gasteiger partial charge on any atom is -0.279 e. The van der Waals surface area contributed by atoms with Gasteiger partial charge in [0.15, 0.2) is 0 Å². The van der Waals surface area contributed by atoms with Crippen molar-refractivity contribution in [2.24, 2.45) is 7.05 Å². The first-order valence-electron chi connectivity index (χ1n) is 6.53. The summed E-state index contributed by atoms with van der Waals surface area (Å²) in [6, 6.07) is 4.56. The van der Waals surface area contributed by atoms with Crippen molar-refractivity contribution in [3.8, 4) is 0 Å². The van der Waals surface area contributed by atoms with Crippen LogP contribution in [0.15, 0.2) is 29.3 Å². The van der Waals surface area contributed by atoms with E-state index in [-0.39, 0.29) is 9.92 Å². The zero-order valence-electron chi connectivity index (χ0n) is 12.7. The predicted molar refractivity (Wildman–Crippen MR) is 89.2 cm³/mol. The van der Waals surface area contributed by atoms with Gasteiger partial charge in [0.1, 0.15) is 4.90 Å². The molecule has 0 unspecified atom stereocenters. The molecule has 0 spiro atoms. The van der Waals surface area contributed by atoms with E-state index in [0.717, 1.165) is 0 Å². The maximum atomic E-state index is 12.6. The molecule has 120 valence electrons. The van der Waals surface area contributed by atoms with Crippen molar-refractivity contribution in [3.05, 3.63) is 40.1 Å². The highest BCUT2D eigenvalue weighted by Crippen LogP contribution is 2.30. The van der Waals surface area contributed by atoms with E-state index in [1.807, 2.05) is 20.8 Å². The number of anilines is 1. The number of nitrogens with one attached hydrogen (secondary N) is 1. The number of nitrogens with zero attached hydrogens (tertiary/aromatic N) is 2. The summed E-state index contributed by atoms with van der Waals surface area (Å²) < 4.78 is 29.3. The molecule has 22 heavy (non-hydrogen) atoms. The topological polar surface area (TPSA) is 64.0 Å². The van der Waals surface area contributed by atoms with Crippen LogP contribution in [0.4, 0.5) is 5.69 Å². The Morgan fingerprint density at radius 3 is 2.36 bits per heavy atom. The van der Waals surface area contributed by atoms with E-state index >= 15 is 0 Å². The Balaban J connectivity index is 2.45. The molecular weight excluding hydrogens is 345 g/mol. The highest BCUT2D eigenvalue weighted by molar-refractivity contribution is 7.92. The molecule has 8 heteroatoms. The van der Waals surface area contributed by atoms with Crippen LogP contribution in [0, 0.1) is 0 Å². The van der Waals surface area contributed by atoms with Crippen LogP contribution >= 0.6 is 23.2 Å². The summed E-state index contributed by atoms with van der Waals surface area (Å²) in [5, 5.41) is 4.92. The number of rotatable bonds is 3. The number of hydrogen-bond acceptors (Lipinski definition) is 3. The second-order valence-corrected chi connectivity index (χ2v) is 8.47. The molecular formula is C14H17Cl2N3O2S. The monoisotopic (exact) mass is 361 g/mol. The van der Waals surface area contributed by atoms with Gasteiger partial charge in [-0.3, -0.25) is 9.40 Å². The maximum Gasteiger partial charge on any atom is 0.265 e. The van der Waals surface area contributed by atoms with Crippen LogP contribution in [0.25, 0.3) is 0 Å². The molecule has 1 aromatic carbocycles. The molecule has 1 N–H and O–H groups in total. The molecule has 0 fully saturated rings. The van der Waals surface area contributed by atoms with Crippen LogP contribution in [-0.4, -0.2) is 18.2 Å². The van der Waals surface area contributed by atoms with Crippen LogP contribution in [0.2, 0.25) is 10.0 Å². The first-order chi connectivity index (χ1) is 10.0. The van der Waals surface area contributed by atoms with E-state index in [2.05, 4.69) is 9.82 Å². The standard InChI is InChI=1S/C14H17Cl2N3O2S/c1-14(2,3)13-12(8-19(4)17-13)22(20,21)18-9-5-6-10(15)11(16)7-9/h5-8,18H,1-4H3. The van der Waals surface area contributed by atoms with Crippen molar-refractivity contribution in [2.75, 3.05) is 4.72 Å². The molecule has 2 aromatic rings. The van der Waals surface area contributed by atoms with Crippen molar-refractivity contribution in [2.45, 2.75) is 31.1 Å². The largest absolute Gasteiger partial charge is 0.279 e. The third-order valence-corrected chi connectivity index (χ3v) is 5.09. The third-order valence-electron chi connectivity index (χ3n) is 2.97. The summed E-state index contributed by atoms with van der Waals surface area (Å²) in [5.74, 6) is 0. The minimum atomic E-state index is -3.77. The smallest absolute Gasteiger partial charge is 0.265 e. The fraction of sp³-hybridized carbons (Fsp3) is 0.357. The second kappa shape index (κ2) is 5.76. The second-order valence-electron chi connectivity index (χ2n) is 6.00. The van der Waals surface area contributed by atoms with Crippen molar-refractivity contribution < 1.29 is 8.42 Å². The predicted octanol–water partition coefficient (Wildman–Crippen LogP) is 3.83. The first kappa shape index (κ1) is 17.1. The lowest BCUT2D eigenvalue weighted by Crippen LogP contribution is -2.20. The van der Waals surface area contributed by atoms with Gasteiger partial charge in [0.05, 0.1) is 21.4 Å². The number of aromatic nitrogens is 2. The van der Waals surface area contributed by atoms with Gasteiger partial charge in [-0.1, -0.05) is 44.0 Å². The van der Waals surface area contributed by atoms with Crippen molar-refractivity contribution in [1.82, 2.24) is 9.78 Å². The Bertz CT molecular complexity index is 808. The summed E-state index contributed by atoms with van der Waals surface area (Å²) >= 11 is 11.7. The third kappa shape index (κ3) is 3.56. The fourth-order valence-corrected chi connectivity index (χ4v) is 3.69. The lowest BCUT2D eigenvalue weighted by molar-refractivity contribution is 0.539. The Labute approximate surface area is 140 Å². The van der Waals surface area contributed by atoms with E-state index in [0.29, 0.717) is 16.4 Å². The van der Waals surface area contributed by atoms with Crippen LogP contribution in [0.5, 0.6) is 0 Å². The van der Waals surface area contributed by atoms with Gasteiger partial charge in [-0.15, -0.1) is 0 Å². The Morgan fingerprint density at radius 1 is 1.18 bits per heavy atom. The molecule has 0 saturated heterocycles. The Hall–Kier alpha value is -1.24. The number of benzene rings is 1. The van der Waals surface area contributed by atoms with Crippen LogP contribution in [-0.2, 0) is 22.5 Å². The van der Waals surface area contributed by atoms with E-state index in [9.17, 15) is 8.42 Å². The maximum absolute atomic E-state index is 12.6. The van der Waals surface area contributed by atoms with Gasteiger partial charge in [-0.2, -0.15) is 5.10 Å². The average molecular weight is 362 g/mol. The summed E-state index contributed by atoms with van der Waals surface area (Å²) in [5.41, 5.74) is 0.448. The Morgan fingerprint density at radius 2 is 1.82 bits per heavy atom. The lowest BCUT2D eigenvalue weighted by Gasteiger charge is -2.17. The summed E-state index contributed by atoms with van der Waals surface area (Å²) in [7, 11) is -2.08. The molecule has 1 aromatic heterocycles. The molecule has 0 radical (unpaired) electrons. The van der Waals surface area contributed by atoms with Gasteiger partial charge >= 0.3 is 0 Å². The first-order valence-corrected chi connectivity index (χ1v) is 8.76. The van der Waals surface area contributed by atoms with Gasteiger partial charge < -0.3 is 0 Å². The van der Waals surface area contributed by atoms with Crippen molar-refractivity contribution in [1.29, 1.82) is 0 Å². The number of hydrogen-bond donors (Lipinski definition) is 1. The fourth-order valence-electron chi connectivity index (χ4n) is 1.95. The zero-order valence-corrected chi connectivity index (χ0v) is 15.0. The Kier molecular flexibility index (Phi) is 4.48. The van der Waals surface area contributed by atoms with E-state index < -0.39 is 15.4 Å². The van der Waals surface area contributed by atoms with Gasteiger partial charge in [-0.05, 0) is 18.2 Å². The molecule has 0 bridgehead atoms. The number of aryl methyl sites for hydroxylation is 1. The number of halogens is 2. The van der Waals surface area contributed by atoms with Crippen LogP contribution < -0.4 is 4.72 Å². The molecule has 0 atom stereocenters. The van der Waals surface area contributed by atoms with Crippen molar-refractivity contribution >= 4 is 38.9 Å². The number of sulfonamides is 1. The molecule has 2 rings (SSSR count). The summed E-state index contributed by atoms with van der Waals surface area (Å²) in [6.07, 6.45) is 1.49. The van der Waals surface area contributed by atoms with Crippen LogP contribution in [0.3, 0.4) is 0 Å². The molecule has 0 aliphatic carbocycles. The quantitative estimate of drug-likeness (QED) is 0.903. The average Bonchev–Trinajstić information content (AvgIpc) is 2.76. The van der Waals surface area contributed by atoms with Crippen molar-refractivity contribution in [3.63, 3.8) is 0 Å². The van der Waals surface area contributed by atoms with Gasteiger partial charge in [-0.25, -0.2) is 8.42 Å². The van der Waals surface area contributed by atoms with Gasteiger partial charge in [0.25, 0.3) is 10.0 Å². The van der Waals surface area contributed by atoms with Gasteiger partial charge in [0.2, 0.25) is 0 Å². The highest BCUT2D eigenvalue weighted by atomic mass is 35.5. The summed E-state index contributed by atoms with van der Waals surface area (Å²) in [6.45, 7) is 5.73. The van der Waals surface area contributed by atoms with E-state index in [1.165, 1.54) is 23.0 Å². The normalized spacial score (nSPS) is 12.5. The minimum absolute atomic E-state index is 0.147. The zero-order chi connectivity index (χ0) is 16.7. The molecule has 1 heterocycles. The molecule has 0 aliphatic heterocycles. The SMILES string of the molecule is Cn1cc(S(=O)(=O)Nc2ccc(Cl)c(Cl)c2)c(C(C)(C)C)n1. The van der Waals surface area contributed by atoms with Crippen LogP contribution in [0.1, 0.15) is 26.5 Å². The molecule has 0 saturated carbocycles. The van der Waals surface area contributed by atoms with E-state index in [1.54, 1.807) is 13.1 Å². The van der Waals surface area contributed by atoms with E-state index in [4.69, 9.17) is 23.2 Å². The summed E-state index contributed by atoms with van der Waals surface area (Å²) in [4.78, 5) is 0.147.